The zero-order valence-corrected chi connectivity index (χ0v) is 16.2. The molecule has 0 spiro atoms. The minimum absolute atomic E-state index is 0.0142. The number of aromatic carboxylic acids is 1. The largest absolute Gasteiger partial charge is 0.493 e. The number of nitrogens with one attached hydrogen (secondary N) is 1. The number of carboxylic acids is 1. The predicted molar refractivity (Wildman–Crippen MR) is 110 cm³/mol. The molecule has 0 unspecified atom stereocenters. The van der Waals surface area contributed by atoms with Gasteiger partial charge in [-0.1, -0.05) is 12.0 Å². The highest BCUT2D eigenvalue weighted by Crippen LogP contribution is 2.30. The third-order valence-electron chi connectivity index (χ3n) is 4.28. The minimum Gasteiger partial charge on any atom is -0.493 e. The summed E-state index contributed by atoms with van der Waals surface area (Å²) in [6, 6.07) is 8.86. The molecular formula is C22H16N2O7. The van der Waals surface area contributed by atoms with Crippen LogP contribution in [-0.2, 0) is 9.59 Å². The Hall–Kier alpha value is -4.58. The van der Waals surface area contributed by atoms with Gasteiger partial charge in [0.05, 0.1) is 18.4 Å². The molecule has 0 saturated carbocycles. The Morgan fingerprint density at radius 1 is 1.16 bits per heavy atom. The maximum atomic E-state index is 12.9. The van der Waals surface area contributed by atoms with Crippen molar-refractivity contribution in [2.24, 2.45) is 0 Å². The smallest absolute Gasteiger partial charge is 0.335 e. The molecule has 156 valence electrons. The molecular weight excluding hydrogens is 404 g/mol. The van der Waals surface area contributed by atoms with Gasteiger partial charge in [-0.3, -0.25) is 14.9 Å². The number of carbonyl (C=O) groups excluding carboxylic acids is 3. The number of terminal acetylenes is 1. The van der Waals surface area contributed by atoms with Crippen LogP contribution in [0.1, 0.15) is 15.9 Å². The lowest BCUT2D eigenvalue weighted by Gasteiger charge is -2.26. The van der Waals surface area contributed by atoms with Gasteiger partial charge in [0.2, 0.25) is 0 Å². The summed E-state index contributed by atoms with van der Waals surface area (Å²) < 4.78 is 10.6. The van der Waals surface area contributed by atoms with Crippen molar-refractivity contribution in [3.8, 4) is 23.8 Å². The van der Waals surface area contributed by atoms with Crippen molar-refractivity contribution >= 4 is 35.6 Å². The van der Waals surface area contributed by atoms with Crippen LogP contribution in [-0.4, -0.2) is 42.6 Å². The second-order valence-electron chi connectivity index (χ2n) is 6.21. The number of urea groups is 1. The average molecular weight is 420 g/mol. The van der Waals surface area contributed by atoms with Gasteiger partial charge >= 0.3 is 12.0 Å². The molecule has 9 nitrogen and oxygen atoms in total. The molecule has 0 aliphatic carbocycles. The number of benzene rings is 2. The van der Waals surface area contributed by atoms with E-state index in [1.165, 1.54) is 37.5 Å². The average Bonchev–Trinajstić information content (AvgIpc) is 2.75. The lowest BCUT2D eigenvalue weighted by atomic mass is 10.1. The third kappa shape index (κ3) is 4.38. The van der Waals surface area contributed by atoms with E-state index in [0.29, 0.717) is 17.1 Å². The molecule has 2 aromatic carbocycles. The van der Waals surface area contributed by atoms with E-state index >= 15 is 0 Å². The number of anilines is 1. The summed E-state index contributed by atoms with van der Waals surface area (Å²) in [5.74, 6) is 0.190. The molecule has 2 N–H and O–H groups in total. The normalized spacial score (nSPS) is 14.8. The van der Waals surface area contributed by atoms with E-state index in [4.69, 9.17) is 21.0 Å². The van der Waals surface area contributed by atoms with E-state index < -0.39 is 23.8 Å². The lowest BCUT2D eigenvalue weighted by molar-refractivity contribution is -0.122. The van der Waals surface area contributed by atoms with Crippen molar-refractivity contribution in [1.82, 2.24) is 5.32 Å². The zero-order chi connectivity index (χ0) is 22.5. The third-order valence-corrected chi connectivity index (χ3v) is 4.28. The maximum absolute atomic E-state index is 12.9. The molecule has 3 rings (SSSR count). The Bertz CT molecular complexity index is 1140. The molecule has 0 atom stereocenters. The number of hydrogen-bond donors (Lipinski definition) is 2. The van der Waals surface area contributed by atoms with E-state index in [1.807, 2.05) is 0 Å². The number of amides is 4. The molecule has 0 bridgehead atoms. The molecule has 0 aromatic heterocycles. The number of hydrogen-bond acceptors (Lipinski definition) is 6. The van der Waals surface area contributed by atoms with Gasteiger partial charge in [0.25, 0.3) is 11.8 Å². The maximum Gasteiger partial charge on any atom is 0.335 e. The first kappa shape index (κ1) is 21.1. The Morgan fingerprint density at radius 2 is 1.87 bits per heavy atom. The molecule has 1 aliphatic heterocycles. The van der Waals surface area contributed by atoms with Gasteiger partial charge in [0, 0.05) is 0 Å². The Labute approximate surface area is 176 Å². The van der Waals surface area contributed by atoms with Crippen LogP contribution in [0.5, 0.6) is 11.5 Å². The van der Waals surface area contributed by atoms with E-state index in [2.05, 4.69) is 11.2 Å². The first-order valence-electron chi connectivity index (χ1n) is 8.85. The fraction of sp³-hybridized carbons (Fsp3) is 0.0909. The van der Waals surface area contributed by atoms with Gasteiger partial charge in [-0.25, -0.2) is 14.5 Å². The number of carbonyl (C=O) groups is 4. The second-order valence-corrected chi connectivity index (χ2v) is 6.21. The standard InChI is InChI=1S/C22H16N2O7/c1-3-10-31-17-9-4-13(12-18(17)30-2)11-16-19(25)23-22(29)24(20(16)26)15-7-5-14(6-8-15)21(27)28/h1,4-9,11-12H,10H2,2H3,(H,27,28)(H,23,25,29)/b16-11+. The molecule has 2 aromatic rings. The van der Waals surface area contributed by atoms with Gasteiger partial charge < -0.3 is 14.6 Å². The quantitative estimate of drug-likeness (QED) is 0.417. The highest BCUT2D eigenvalue weighted by molar-refractivity contribution is 6.39. The number of carboxylic acid groups (broad SMARTS) is 1. The molecule has 0 radical (unpaired) electrons. The molecule has 4 amide bonds. The van der Waals surface area contributed by atoms with Gasteiger partial charge in [0.1, 0.15) is 12.2 Å². The minimum atomic E-state index is -1.15. The van der Waals surface area contributed by atoms with Gasteiger partial charge in [0.15, 0.2) is 11.5 Å². The summed E-state index contributed by atoms with van der Waals surface area (Å²) in [6.45, 7) is 0.0371. The van der Waals surface area contributed by atoms with Crippen molar-refractivity contribution < 1.29 is 33.8 Å². The summed E-state index contributed by atoms with van der Waals surface area (Å²) in [5.41, 5.74) is 0.251. The SMILES string of the molecule is C#CCOc1ccc(/C=C2\C(=O)NC(=O)N(c3ccc(C(=O)O)cc3)C2=O)cc1OC. The van der Waals surface area contributed by atoms with Crippen LogP contribution in [0.4, 0.5) is 10.5 Å². The van der Waals surface area contributed by atoms with Crippen LogP contribution in [0, 0.1) is 12.3 Å². The Kier molecular flexibility index (Phi) is 6.02. The Balaban J connectivity index is 1.95. The van der Waals surface area contributed by atoms with Gasteiger partial charge in [-0.05, 0) is 48.0 Å². The summed E-state index contributed by atoms with van der Waals surface area (Å²) in [7, 11) is 1.43. The molecule has 1 fully saturated rings. The summed E-state index contributed by atoms with van der Waals surface area (Å²) >= 11 is 0. The zero-order valence-electron chi connectivity index (χ0n) is 16.2. The van der Waals surface area contributed by atoms with E-state index in [1.54, 1.807) is 18.2 Å². The Morgan fingerprint density at radius 3 is 2.48 bits per heavy atom. The van der Waals surface area contributed by atoms with Crippen LogP contribution in [0.15, 0.2) is 48.0 Å². The molecule has 1 heterocycles. The number of rotatable bonds is 6. The van der Waals surface area contributed by atoms with E-state index in [0.717, 1.165) is 4.90 Å². The van der Waals surface area contributed by atoms with Crippen molar-refractivity contribution in [2.75, 3.05) is 18.6 Å². The van der Waals surface area contributed by atoms with Crippen LogP contribution >= 0.6 is 0 Å². The lowest BCUT2D eigenvalue weighted by Crippen LogP contribution is -2.54. The summed E-state index contributed by atoms with van der Waals surface area (Å²) in [5, 5.41) is 11.1. The van der Waals surface area contributed by atoms with Crippen molar-refractivity contribution in [3.05, 3.63) is 59.2 Å². The first-order chi connectivity index (χ1) is 14.8. The molecule has 1 saturated heterocycles. The molecule has 31 heavy (non-hydrogen) atoms. The highest BCUT2D eigenvalue weighted by atomic mass is 16.5. The monoisotopic (exact) mass is 420 g/mol. The van der Waals surface area contributed by atoms with Gasteiger partial charge in [-0.15, -0.1) is 6.42 Å². The summed E-state index contributed by atoms with van der Waals surface area (Å²) in [6.07, 6.45) is 6.48. The van der Waals surface area contributed by atoms with Crippen molar-refractivity contribution in [2.45, 2.75) is 0 Å². The van der Waals surface area contributed by atoms with Crippen LogP contribution < -0.4 is 19.7 Å². The van der Waals surface area contributed by atoms with Crippen molar-refractivity contribution in [3.63, 3.8) is 0 Å². The highest BCUT2D eigenvalue weighted by Gasteiger charge is 2.36. The van der Waals surface area contributed by atoms with Crippen LogP contribution in [0.2, 0.25) is 0 Å². The number of methoxy groups -OCH3 is 1. The molecule has 1 aliphatic rings. The van der Waals surface area contributed by atoms with Crippen molar-refractivity contribution in [1.29, 1.82) is 0 Å². The number of barbiturate groups is 1. The topological polar surface area (TPSA) is 122 Å². The van der Waals surface area contributed by atoms with E-state index in [-0.39, 0.29) is 23.4 Å². The van der Waals surface area contributed by atoms with Crippen LogP contribution in [0.3, 0.4) is 0 Å². The number of imide groups is 2. The number of nitrogens with zero attached hydrogens (tertiary/aromatic N) is 1. The second kappa shape index (κ2) is 8.84. The fourth-order valence-corrected chi connectivity index (χ4v) is 2.82. The van der Waals surface area contributed by atoms with Crippen LogP contribution in [0.25, 0.3) is 6.08 Å². The summed E-state index contributed by atoms with van der Waals surface area (Å²) in [4.78, 5) is 49.2. The number of ether oxygens (including phenoxy) is 2. The first-order valence-corrected chi connectivity index (χ1v) is 8.85. The van der Waals surface area contributed by atoms with Gasteiger partial charge in [-0.2, -0.15) is 0 Å². The predicted octanol–water partition coefficient (Wildman–Crippen LogP) is 2.07. The fourth-order valence-electron chi connectivity index (χ4n) is 2.82. The molecule has 9 heteroatoms. The van der Waals surface area contributed by atoms with E-state index in [9.17, 15) is 19.2 Å².